The van der Waals surface area contributed by atoms with Crippen molar-refractivity contribution in [3.63, 3.8) is 0 Å². The van der Waals surface area contributed by atoms with Crippen LogP contribution >= 0.6 is 34.5 Å². The summed E-state index contributed by atoms with van der Waals surface area (Å²) in [6, 6.07) is 12.7. The average Bonchev–Trinajstić information content (AvgIpc) is 3.58. The molecule has 0 aliphatic carbocycles. The number of hydrogen-bond acceptors (Lipinski definition) is 10. The molecule has 0 spiro atoms. The van der Waals surface area contributed by atoms with Crippen LogP contribution in [0.2, 0.25) is 10.0 Å². The number of anilines is 1. The van der Waals surface area contributed by atoms with Gasteiger partial charge >= 0.3 is 18.7 Å². The summed E-state index contributed by atoms with van der Waals surface area (Å²) in [4.78, 5) is 36.2. The van der Waals surface area contributed by atoms with Crippen molar-refractivity contribution in [2.75, 3.05) is 31.6 Å². The van der Waals surface area contributed by atoms with E-state index in [4.69, 9.17) is 37.4 Å². The number of thiophene rings is 1. The van der Waals surface area contributed by atoms with E-state index >= 15 is 0 Å². The van der Waals surface area contributed by atoms with Gasteiger partial charge in [0.25, 0.3) is 0 Å². The molecule has 3 aromatic heterocycles. The lowest BCUT2D eigenvalue weighted by Gasteiger charge is -2.44. The number of alkyl halides is 2. The highest BCUT2D eigenvalue weighted by atomic mass is 35.5. The lowest BCUT2D eigenvalue weighted by atomic mass is 9.86. The van der Waals surface area contributed by atoms with Crippen molar-refractivity contribution in [3.05, 3.63) is 103 Å². The number of hydrogen-bond donors (Lipinski definition) is 0. The Morgan fingerprint density at radius 3 is 2.50 bits per heavy atom. The molecule has 3 aliphatic rings. The van der Waals surface area contributed by atoms with Gasteiger partial charge in [-0.1, -0.05) is 35.3 Å². The van der Waals surface area contributed by atoms with E-state index < -0.39 is 24.8 Å². The number of carbonyl (C=O) groups is 2. The highest BCUT2D eigenvalue weighted by Gasteiger charge is 2.38. The van der Waals surface area contributed by atoms with Gasteiger partial charge in [-0.15, -0.1) is 11.3 Å². The molecule has 7 rings (SSSR count). The molecule has 11 nitrogen and oxygen atoms in total. The highest BCUT2D eigenvalue weighted by molar-refractivity contribution is 7.14. The lowest BCUT2D eigenvalue weighted by Crippen LogP contribution is -2.53. The predicted octanol–water partition coefficient (Wildman–Crippen LogP) is 7.07. The van der Waals surface area contributed by atoms with Crippen molar-refractivity contribution < 1.29 is 42.0 Å². The van der Waals surface area contributed by atoms with E-state index in [1.54, 1.807) is 36.5 Å². The number of fused-ring (bicyclic) bond motifs is 3. The highest BCUT2D eigenvalue weighted by Crippen LogP contribution is 2.37. The van der Waals surface area contributed by atoms with Gasteiger partial charge in [0.05, 0.1) is 13.7 Å². The molecule has 0 unspecified atom stereocenters. The number of carbonyl (C=O) groups excluding carboxylic acids is 2. The maximum atomic E-state index is 13.6. The smallest absolute Gasteiger partial charge is 0.416 e. The molecule has 0 radical (unpaired) electrons. The Balaban J connectivity index is 1.23. The first kappa shape index (κ1) is 35.6. The maximum absolute atomic E-state index is 13.6. The lowest BCUT2D eigenvalue weighted by molar-refractivity contribution is -0.605. The fourth-order valence-electron chi connectivity index (χ4n) is 6.12. The van der Waals surface area contributed by atoms with E-state index in [0.717, 1.165) is 49.7 Å². The number of pyridine rings is 2. The number of methoxy groups -OCH3 is 1. The van der Waals surface area contributed by atoms with Crippen LogP contribution in [0.25, 0.3) is 0 Å². The molecule has 50 heavy (non-hydrogen) atoms. The van der Waals surface area contributed by atoms with Crippen molar-refractivity contribution in [2.24, 2.45) is 5.92 Å². The minimum Gasteiger partial charge on any atom is -0.619 e. The van der Waals surface area contributed by atoms with Crippen molar-refractivity contribution in [1.82, 2.24) is 9.88 Å². The van der Waals surface area contributed by atoms with E-state index in [2.05, 4.69) is 14.6 Å². The Morgan fingerprint density at radius 1 is 1.10 bits per heavy atom. The average molecular weight is 750 g/mol. The van der Waals surface area contributed by atoms with Gasteiger partial charge in [0, 0.05) is 29.6 Å². The molecule has 4 aromatic rings. The first-order chi connectivity index (χ1) is 24.1. The third-order valence-electron chi connectivity index (χ3n) is 8.64. The third kappa shape index (κ3) is 8.37. The molecule has 1 amide bonds. The van der Waals surface area contributed by atoms with Crippen LogP contribution in [0.4, 0.5) is 19.4 Å². The van der Waals surface area contributed by atoms with Gasteiger partial charge in [-0.05, 0) is 73.8 Å². The SMILES string of the molecule is COc1cc([C@H](Cc2c(Cl)c[n+]([O-])cc2Cl)OC(=O)c2ccc(CN(C(=O)O[C@H]3CN4CCC3CC4)c3ccccn3)s2)ccc1OC(F)F. The molecule has 0 N–H and O–H groups in total. The predicted molar refractivity (Wildman–Crippen MR) is 181 cm³/mol. The Kier molecular flexibility index (Phi) is 11.2. The van der Waals surface area contributed by atoms with Gasteiger partial charge in [-0.2, -0.15) is 13.5 Å². The van der Waals surface area contributed by atoms with Gasteiger partial charge in [0.2, 0.25) is 0 Å². The Bertz CT molecular complexity index is 1810. The van der Waals surface area contributed by atoms with Crippen LogP contribution in [0.5, 0.6) is 11.5 Å². The van der Waals surface area contributed by atoms with Crippen LogP contribution in [-0.2, 0) is 22.4 Å². The van der Waals surface area contributed by atoms with Gasteiger partial charge in [0.15, 0.2) is 23.9 Å². The molecule has 0 saturated carbocycles. The van der Waals surface area contributed by atoms with Crippen LogP contribution in [0.15, 0.2) is 67.1 Å². The van der Waals surface area contributed by atoms with Crippen molar-refractivity contribution in [3.8, 4) is 11.5 Å². The Hall–Kier alpha value is -4.24. The second kappa shape index (κ2) is 15.8. The number of esters is 1. The zero-order chi connectivity index (χ0) is 35.4. The van der Waals surface area contributed by atoms with Gasteiger partial charge in [0.1, 0.15) is 32.9 Å². The number of ether oxygens (including phenoxy) is 4. The molecular formula is C34H32Cl2F2N4O7S. The number of halogens is 4. The third-order valence-corrected chi connectivity index (χ3v) is 10.3. The van der Waals surface area contributed by atoms with Gasteiger partial charge in [-0.3, -0.25) is 9.80 Å². The second-order valence-corrected chi connectivity index (χ2v) is 13.8. The van der Waals surface area contributed by atoms with E-state index in [1.165, 1.54) is 30.2 Å². The number of amides is 1. The Morgan fingerprint density at radius 2 is 1.86 bits per heavy atom. The summed E-state index contributed by atoms with van der Waals surface area (Å²) < 4.78 is 48.2. The zero-order valence-corrected chi connectivity index (χ0v) is 29.0. The van der Waals surface area contributed by atoms with Crippen molar-refractivity contribution in [2.45, 2.75) is 44.6 Å². The first-order valence-electron chi connectivity index (χ1n) is 15.7. The molecule has 16 heteroatoms. The van der Waals surface area contributed by atoms with Crippen LogP contribution < -0.4 is 19.1 Å². The summed E-state index contributed by atoms with van der Waals surface area (Å²) in [5.74, 6) is -0.225. The number of rotatable bonds is 12. The fraction of sp³-hybridized carbons (Fsp3) is 0.353. The largest absolute Gasteiger partial charge is 0.619 e. The normalized spacial score (nSPS) is 18.8. The molecule has 3 fully saturated rings. The molecule has 2 atom stereocenters. The molecule has 3 aliphatic heterocycles. The summed E-state index contributed by atoms with van der Waals surface area (Å²) in [6.07, 6.45) is 3.93. The monoisotopic (exact) mass is 748 g/mol. The van der Waals surface area contributed by atoms with E-state index in [-0.39, 0.29) is 45.5 Å². The van der Waals surface area contributed by atoms with E-state index in [1.807, 2.05) is 0 Å². The molecule has 3 saturated heterocycles. The van der Waals surface area contributed by atoms with Crippen LogP contribution in [0, 0.1) is 11.1 Å². The van der Waals surface area contributed by atoms with Crippen LogP contribution in [0.3, 0.4) is 0 Å². The zero-order valence-electron chi connectivity index (χ0n) is 26.7. The number of piperidine rings is 3. The molecular weight excluding hydrogens is 717 g/mol. The second-order valence-electron chi connectivity index (χ2n) is 11.8. The topological polar surface area (TPSA) is 117 Å². The van der Waals surface area contributed by atoms with Gasteiger partial charge in [-0.25, -0.2) is 14.6 Å². The van der Waals surface area contributed by atoms with Crippen molar-refractivity contribution >= 4 is 52.4 Å². The molecule has 1 aromatic carbocycles. The molecule has 264 valence electrons. The minimum absolute atomic E-state index is 0.0235. The van der Waals surface area contributed by atoms with Crippen LogP contribution in [0.1, 0.15) is 44.6 Å². The minimum atomic E-state index is -3.09. The number of aromatic nitrogens is 2. The quantitative estimate of drug-likeness (QED) is 0.0852. The number of nitrogens with zero attached hydrogens (tertiary/aromatic N) is 4. The summed E-state index contributed by atoms with van der Waals surface area (Å²) in [7, 11) is 1.28. The first-order valence-corrected chi connectivity index (χ1v) is 17.3. The van der Waals surface area contributed by atoms with E-state index in [9.17, 15) is 23.6 Å². The summed E-state index contributed by atoms with van der Waals surface area (Å²) >= 11 is 13.8. The standard InChI is InChI=1S/C34H32Cl2F2N4O7S/c1-46-28-14-21(5-7-26(28)48-33(37)38)27(15-23-24(35)17-41(45)18-25(23)36)47-32(43)30-8-6-22(50-30)16-42(31-4-2-3-11-39-31)34(44)49-29-19-40-12-9-20(29)10-13-40/h2-8,11,14,17-18,20,27,29,33H,9-10,12-13,15-16,19H2,1H3/t27-,29-/m0/s1. The molecule has 2 bridgehead atoms. The van der Waals surface area contributed by atoms with Crippen molar-refractivity contribution in [1.29, 1.82) is 0 Å². The number of benzene rings is 1. The fourth-order valence-corrected chi connectivity index (χ4v) is 7.60. The summed E-state index contributed by atoms with van der Waals surface area (Å²) in [5.41, 5.74) is 0.681. The maximum Gasteiger partial charge on any atom is 0.416 e. The van der Waals surface area contributed by atoms with E-state index in [0.29, 0.717) is 39.0 Å². The molecule has 6 heterocycles. The summed E-state index contributed by atoms with van der Waals surface area (Å²) in [6.45, 7) is -0.282. The summed E-state index contributed by atoms with van der Waals surface area (Å²) in [5, 5.41) is 11.9. The van der Waals surface area contributed by atoms with Gasteiger partial charge < -0.3 is 24.2 Å². The Labute approximate surface area is 300 Å². The van der Waals surface area contributed by atoms with Crippen LogP contribution in [-0.4, -0.2) is 61.4 Å².